The standard InChI is InChI=1S/C7H13N3O/c11-7(10-5-6-10)8-1-2-9-3-4-9/h1-6H2,(H,8,11). The summed E-state index contributed by atoms with van der Waals surface area (Å²) in [4.78, 5) is 15.1. The molecule has 2 aliphatic rings. The average Bonchev–Trinajstić information content (AvgIpc) is 2.85. The highest BCUT2D eigenvalue weighted by atomic mass is 16.2. The lowest BCUT2D eigenvalue weighted by atomic mass is 10.6. The summed E-state index contributed by atoms with van der Waals surface area (Å²) in [5, 5.41) is 2.86. The van der Waals surface area contributed by atoms with Gasteiger partial charge in [-0.1, -0.05) is 0 Å². The van der Waals surface area contributed by atoms with Gasteiger partial charge in [0.25, 0.3) is 0 Å². The molecule has 0 aromatic carbocycles. The van der Waals surface area contributed by atoms with Gasteiger partial charge < -0.3 is 10.2 Å². The third kappa shape index (κ3) is 2.08. The van der Waals surface area contributed by atoms with Crippen molar-refractivity contribution in [2.24, 2.45) is 0 Å². The predicted molar refractivity (Wildman–Crippen MR) is 41.4 cm³/mol. The Morgan fingerprint density at radius 3 is 2.55 bits per heavy atom. The van der Waals surface area contributed by atoms with Crippen molar-refractivity contribution in [3.05, 3.63) is 0 Å². The Morgan fingerprint density at radius 1 is 1.27 bits per heavy atom. The number of urea groups is 1. The zero-order valence-electron chi connectivity index (χ0n) is 6.55. The number of carbonyl (C=O) groups excluding carboxylic acids is 1. The summed E-state index contributed by atoms with van der Waals surface area (Å²) in [6, 6.07) is 0.104. The molecular formula is C7H13N3O. The molecule has 0 atom stereocenters. The zero-order chi connectivity index (χ0) is 7.68. The van der Waals surface area contributed by atoms with Crippen molar-refractivity contribution in [3.63, 3.8) is 0 Å². The molecule has 0 unspecified atom stereocenters. The molecule has 2 rings (SSSR count). The third-order valence-corrected chi connectivity index (χ3v) is 1.98. The molecule has 2 fully saturated rings. The highest BCUT2D eigenvalue weighted by molar-refractivity contribution is 5.76. The van der Waals surface area contributed by atoms with Crippen LogP contribution < -0.4 is 5.32 Å². The van der Waals surface area contributed by atoms with Crippen LogP contribution in [0.25, 0.3) is 0 Å². The van der Waals surface area contributed by atoms with Crippen LogP contribution in [0.15, 0.2) is 0 Å². The second kappa shape index (κ2) is 2.70. The van der Waals surface area contributed by atoms with Gasteiger partial charge in [-0.15, -0.1) is 0 Å². The Labute approximate surface area is 66.1 Å². The smallest absolute Gasteiger partial charge is 0.317 e. The molecule has 1 N–H and O–H groups in total. The van der Waals surface area contributed by atoms with Crippen molar-refractivity contribution >= 4 is 6.03 Å². The molecule has 2 amide bonds. The van der Waals surface area contributed by atoms with Crippen molar-refractivity contribution in [1.29, 1.82) is 0 Å². The fourth-order valence-electron chi connectivity index (χ4n) is 0.980. The average molecular weight is 155 g/mol. The summed E-state index contributed by atoms with van der Waals surface area (Å²) in [5.41, 5.74) is 0. The van der Waals surface area contributed by atoms with Crippen LogP contribution in [0.2, 0.25) is 0 Å². The first-order valence-electron chi connectivity index (χ1n) is 4.11. The molecule has 4 heteroatoms. The van der Waals surface area contributed by atoms with Gasteiger partial charge in [0, 0.05) is 39.3 Å². The number of carbonyl (C=O) groups is 1. The molecule has 62 valence electrons. The highest BCUT2D eigenvalue weighted by Crippen LogP contribution is 2.03. The molecule has 0 aromatic heterocycles. The largest absolute Gasteiger partial charge is 0.337 e. The predicted octanol–water partition coefficient (Wildman–Crippen LogP) is -0.673. The van der Waals surface area contributed by atoms with E-state index in [4.69, 9.17) is 0 Å². The Balaban J connectivity index is 1.53. The minimum Gasteiger partial charge on any atom is -0.337 e. The summed E-state index contributed by atoms with van der Waals surface area (Å²) in [5.74, 6) is 0. The van der Waals surface area contributed by atoms with Gasteiger partial charge in [-0.2, -0.15) is 0 Å². The number of hydrogen-bond acceptors (Lipinski definition) is 2. The van der Waals surface area contributed by atoms with E-state index >= 15 is 0 Å². The normalized spacial score (nSPS) is 21.6. The molecule has 0 bridgehead atoms. The third-order valence-electron chi connectivity index (χ3n) is 1.98. The lowest BCUT2D eigenvalue weighted by Gasteiger charge is -2.04. The summed E-state index contributed by atoms with van der Waals surface area (Å²) >= 11 is 0. The minimum atomic E-state index is 0.104. The first-order chi connectivity index (χ1) is 5.36. The molecule has 0 spiro atoms. The molecule has 2 aliphatic heterocycles. The van der Waals surface area contributed by atoms with E-state index in [1.165, 1.54) is 13.1 Å². The van der Waals surface area contributed by atoms with Crippen LogP contribution in [-0.4, -0.2) is 55.1 Å². The lowest BCUT2D eigenvalue weighted by molar-refractivity contribution is 0.229. The summed E-state index contributed by atoms with van der Waals surface area (Å²) in [7, 11) is 0. The van der Waals surface area contributed by atoms with E-state index in [1.54, 1.807) is 4.90 Å². The van der Waals surface area contributed by atoms with Gasteiger partial charge >= 0.3 is 6.03 Å². The minimum absolute atomic E-state index is 0.104. The zero-order valence-corrected chi connectivity index (χ0v) is 6.55. The molecular weight excluding hydrogens is 142 g/mol. The van der Waals surface area contributed by atoms with Crippen molar-refractivity contribution in [2.45, 2.75) is 0 Å². The van der Waals surface area contributed by atoms with Gasteiger partial charge in [-0.25, -0.2) is 4.79 Å². The Kier molecular flexibility index (Phi) is 1.69. The van der Waals surface area contributed by atoms with E-state index < -0.39 is 0 Å². The van der Waals surface area contributed by atoms with Crippen LogP contribution in [0.1, 0.15) is 0 Å². The van der Waals surface area contributed by atoms with E-state index in [2.05, 4.69) is 10.2 Å². The molecule has 0 aromatic rings. The van der Waals surface area contributed by atoms with Crippen LogP contribution in [-0.2, 0) is 0 Å². The van der Waals surface area contributed by atoms with Crippen molar-refractivity contribution in [1.82, 2.24) is 15.1 Å². The highest BCUT2D eigenvalue weighted by Gasteiger charge is 2.24. The fraction of sp³-hybridized carbons (Fsp3) is 0.857. The maximum absolute atomic E-state index is 11.0. The summed E-state index contributed by atoms with van der Waals surface area (Å²) in [6.45, 7) is 6.11. The number of nitrogens with zero attached hydrogens (tertiary/aromatic N) is 2. The number of amides is 2. The monoisotopic (exact) mass is 155 g/mol. The van der Waals surface area contributed by atoms with E-state index in [-0.39, 0.29) is 6.03 Å². The van der Waals surface area contributed by atoms with E-state index in [9.17, 15) is 4.79 Å². The van der Waals surface area contributed by atoms with Gasteiger partial charge in [0.2, 0.25) is 0 Å². The fourth-order valence-corrected chi connectivity index (χ4v) is 0.980. The second-order valence-electron chi connectivity index (χ2n) is 3.06. The number of nitrogens with one attached hydrogen (secondary N) is 1. The maximum Gasteiger partial charge on any atom is 0.317 e. The molecule has 4 nitrogen and oxygen atoms in total. The van der Waals surface area contributed by atoms with Crippen LogP contribution >= 0.6 is 0 Å². The van der Waals surface area contributed by atoms with Crippen LogP contribution in [0, 0.1) is 0 Å². The maximum atomic E-state index is 11.0. The van der Waals surface area contributed by atoms with Crippen molar-refractivity contribution in [3.8, 4) is 0 Å². The topological polar surface area (TPSA) is 35.1 Å². The first-order valence-corrected chi connectivity index (χ1v) is 4.11. The molecule has 0 aliphatic carbocycles. The number of rotatable bonds is 3. The molecule has 11 heavy (non-hydrogen) atoms. The summed E-state index contributed by atoms with van der Waals surface area (Å²) < 4.78 is 0. The van der Waals surface area contributed by atoms with Crippen molar-refractivity contribution in [2.75, 3.05) is 39.3 Å². The van der Waals surface area contributed by atoms with Crippen LogP contribution in [0.3, 0.4) is 0 Å². The first kappa shape index (κ1) is 6.91. The van der Waals surface area contributed by atoms with Gasteiger partial charge in [0.15, 0.2) is 0 Å². The van der Waals surface area contributed by atoms with Crippen LogP contribution in [0.5, 0.6) is 0 Å². The SMILES string of the molecule is O=C(NCCN1CC1)N1CC1. The van der Waals surface area contributed by atoms with E-state index in [0.29, 0.717) is 0 Å². The van der Waals surface area contributed by atoms with Gasteiger partial charge in [-0.3, -0.25) is 4.90 Å². The van der Waals surface area contributed by atoms with E-state index in [1.807, 2.05) is 0 Å². The van der Waals surface area contributed by atoms with Crippen molar-refractivity contribution < 1.29 is 4.79 Å². The lowest BCUT2D eigenvalue weighted by Crippen LogP contribution is -2.32. The number of hydrogen-bond donors (Lipinski definition) is 1. The molecule has 2 heterocycles. The van der Waals surface area contributed by atoms with Gasteiger partial charge in [-0.05, 0) is 0 Å². The second-order valence-corrected chi connectivity index (χ2v) is 3.06. The molecule has 0 saturated carbocycles. The Hall–Kier alpha value is -0.770. The van der Waals surface area contributed by atoms with Gasteiger partial charge in [0.05, 0.1) is 0 Å². The Morgan fingerprint density at radius 2 is 2.00 bits per heavy atom. The van der Waals surface area contributed by atoms with Crippen LogP contribution in [0.4, 0.5) is 4.79 Å². The summed E-state index contributed by atoms with van der Waals surface area (Å²) in [6.07, 6.45) is 0. The van der Waals surface area contributed by atoms with Gasteiger partial charge in [0.1, 0.15) is 0 Å². The quantitative estimate of drug-likeness (QED) is 0.548. The molecule has 0 radical (unpaired) electrons. The van der Waals surface area contributed by atoms with E-state index in [0.717, 1.165) is 26.2 Å². The molecule has 2 saturated heterocycles. The Bertz CT molecular complexity index is 163.